The highest BCUT2D eigenvalue weighted by Gasteiger charge is 2.16. The van der Waals surface area contributed by atoms with Crippen LogP contribution in [-0.2, 0) is 4.74 Å². The summed E-state index contributed by atoms with van der Waals surface area (Å²) in [4.78, 5) is 2.14. The Bertz CT molecular complexity index is 391. The Morgan fingerprint density at radius 3 is 2.53 bits per heavy atom. The van der Waals surface area contributed by atoms with Gasteiger partial charge in [0, 0.05) is 19.6 Å². The van der Waals surface area contributed by atoms with E-state index in [9.17, 15) is 5.11 Å². The number of aliphatic hydroxyl groups is 1. The maximum Gasteiger partial charge on any atom is 0.156 e. The fourth-order valence-corrected chi connectivity index (χ4v) is 2.44. The van der Waals surface area contributed by atoms with Gasteiger partial charge < -0.3 is 14.6 Å². The summed E-state index contributed by atoms with van der Waals surface area (Å²) in [6.07, 6.45) is -0.578. The molecule has 2 rings (SSSR count). The van der Waals surface area contributed by atoms with E-state index in [1.807, 2.05) is 0 Å². The number of halogens is 2. The molecule has 0 aliphatic carbocycles. The molecule has 1 N–H and O–H groups in total. The van der Waals surface area contributed by atoms with E-state index in [1.165, 1.54) is 0 Å². The van der Waals surface area contributed by atoms with Crippen LogP contribution in [0.25, 0.3) is 0 Å². The summed E-state index contributed by atoms with van der Waals surface area (Å²) in [6, 6.07) is 5.16. The van der Waals surface area contributed by atoms with E-state index in [1.54, 1.807) is 18.2 Å². The molecule has 1 heterocycles. The molecule has 0 spiro atoms. The molecule has 1 fully saturated rings. The molecular formula is C13H17Cl2NO3. The van der Waals surface area contributed by atoms with Gasteiger partial charge in [0.15, 0.2) is 5.75 Å². The van der Waals surface area contributed by atoms with Crippen molar-refractivity contribution in [2.75, 3.05) is 39.5 Å². The zero-order valence-corrected chi connectivity index (χ0v) is 12.0. The molecule has 19 heavy (non-hydrogen) atoms. The average molecular weight is 306 g/mol. The van der Waals surface area contributed by atoms with Crippen molar-refractivity contribution in [3.8, 4) is 5.75 Å². The van der Waals surface area contributed by atoms with Crippen molar-refractivity contribution < 1.29 is 14.6 Å². The second-order valence-electron chi connectivity index (χ2n) is 4.43. The Hall–Kier alpha value is -0.520. The molecule has 1 aromatic rings. The minimum absolute atomic E-state index is 0.167. The lowest BCUT2D eigenvalue weighted by molar-refractivity contribution is 0.00468. The lowest BCUT2D eigenvalue weighted by Crippen LogP contribution is -2.42. The van der Waals surface area contributed by atoms with Gasteiger partial charge in [-0.15, -0.1) is 0 Å². The molecule has 1 atom stereocenters. The van der Waals surface area contributed by atoms with Gasteiger partial charge in [-0.2, -0.15) is 0 Å². The minimum Gasteiger partial charge on any atom is -0.488 e. The van der Waals surface area contributed by atoms with Crippen molar-refractivity contribution in [1.29, 1.82) is 0 Å². The normalized spacial score (nSPS) is 18.3. The van der Waals surface area contributed by atoms with Crippen LogP contribution < -0.4 is 4.74 Å². The zero-order chi connectivity index (χ0) is 13.7. The fourth-order valence-electron chi connectivity index (χ4n) is 1.93. The number of ether oxygens (including phenoxy) is 2. The smallest absolute Gasteiger partial charge is 0.156 e. The van der Waals surface area contributed by atoms with E-state index in [-0.39, 0.29) is 6.61 Å². The summed E-state index contributed by atoms with van der Waals surface area (Å²) in [5.74, 6) is 0.423. The first kappa shape index (κ1) is 14.9. The van der Waals surface area contributed by atoms with Crippen molar-refractivity contribution in [3.63, 3.8) is 0 Å². The van der Waals surface area contributed by atoms with E-state index >= 15 is 0 Å². The summed E-state index contributed by atoms with van der Waals surface area (Å²) >= 11 is 12.0. The largest absolute Gasteiger partial charge is 0.488 e. The quantitative estimate of drug-likeness (QED) is 0.904. The number of β-amino-alcohol motifs (C(OH)–C–C–N with tert-alkyl or cyclic N) is 1. The summed E-state index contributed by atoms with van der Waals surface area (Å²) in [5.41, 5.74) is 0. The molecule has 1 aliphatic rings. The van der Waals surface area contributed by atoms with Gasteiger partial charge in [0.1, 0.15) is 12.7 Å². The number of para-hydroxylation sites is 1. The van der Waals surface area contributed by atoms with Gasteiger partial charge in [-0.3, -0.25) is 4.90 Å². The first-order chi connectivity index (χ1) is 9.16. The molecule has 0 bridgehead atoms. The standard InChI is InChI=1S/C13H17Cl2NO3/c14-11-2-1-3-12(15)13(11)19-9-10(17)8-16-4-6-18-7-5-16/h1-3,10,17H,4-9H2. The molecule has 0 radical (unpaired) electrons. The van der Waals surface area contributed by atoms with Crippen LogP contribution in [0.5, 0.6) is 5.75 Å². The Morgan fingerprint density at radius 2 is 1.89 bits per heavy atom. The van der Waals surface area contributed by atoms with Gasteiger partial charge in [0.25, 0.3) is 0 Å². The van der Waals surface area contributed by atoms with Crippen LogP contribution in [0.4, 0.5) is 0 Å². The van der Waals surface area contributed by atoms with Crippen LogP contribution in [-0.4, -0.2) is 55.6 Å². The Kier molecular flexibility index (Phi) is 5.73. The fraction of sp³-hybridized carbons (Fsp3) is 0.538. The van der Waals surface area contributed by atoms with Gasteiger partial charge in [-0.1, -0.05) is 29.3 Å². The van der Waals surface area contributed by atoms with Crippen molar-refractivity contribution in [2.24, 2.45) is 0 Å². The number of hydrogen-bond acceptors (Lipinski definition) is 4. The van der Waals surface area contributed by atoms with Crippen LogP contribution >= 0.6 is 23.2 Å². The third kappa shape index (κ3) is 4.51. The first-order valence-electron chi connectivity index (χ1n) is 6.22. The molecular weight excluding hydrogens is 289 g/mol. The van der Waals surface area contributed by atoms with E-state index in [0.29, 0.717) is 35.6 Å². The van der Waals surface area contributed by atoms with Crippen LogP contribution in [0.3, 0.4) is 0 Å². The Labute approximate surface area is 122 Å². The predicted molar refractivity (Wildman–Crippen MR) is 75.2 cm³/mol. The minimum atomic E-state index is -0.578. The Balaban J connectivity index is 1.81. The third-order valence-electron chi connectivity index (χ3n) is 2.91. The van der Waals surface area contributed by atoms with E-state index in [0.717, 1.165) is 13.1 Å². The second-order valence-corrected chi connectivity index (χ2v) is 5.24. The van der Waals surface area contributed by atoms with E-state index in [2.05, 4.69) is 4.90 Å². The number of aliphatic hydroxyl groups excluding tert-OH is 1. The first-order valence-corrected chi connectivity index (χ1v) is 6.97. The van der Waals surface area contributed by atoms with Crippen molar-refractivity contribution in [2.45, 2.75) is 6.10 Å². The summed E-state index contributed by atoms with van der Waals surface area (Å²) in [7, 11) is 0. The summed E-state index contributed by atoms with van der Waals surface area (Å²) in [5, 5.41) is 10.9. The highest BCUT2D eigenvalue weighted by Crippen LogP contribution is 2.32. The van der Waals surface area contributed by atoms with Gasteiger partial charge in [0.05, 0.1) is 23.3 Å². The van der Waals surface area contributed by atoms with Crippen molar-refractivity contribution in [3.05, 3.63) is 28.2 Å². The number of morpholine rings is 1. The lowest BCUT2D eigenvalue weighted by Gasteiger charge is -2.28. The molecule has 106 valence electrons. The summed E-state index contributed by atoms with van der Waals surface area (Å²) < 4.78 is 10.8. The molecule has 1 aliphatic heterocycles. The number of rotatable bonds is 5. The van der Waals surface area contributed by atoms with Gasteiger partial charge in [0.2, 0.25) is 0 Å². The van der Waals surface area contributed by atoms with Crippen LogP contribution in [0.2, 0.25) is 10.0 Å². The molecule has 1 aromatic carbocycles. The van der Waals surface area contributed by atoms with E-state index < -0.39 is 6.10 Å². The molecule has 1 saturated heterocycles. The second kappa shape index (κ2) is 7.31. The lowest BCUT2D eigenvalue weighted by atomic mass is 10.3. The maximum atomic E-state index is 9.95. The molecule has 0 aromatic heterocycles. The highest BCUT2D eigenvalue weighted by molar-refractivity contribution is 6.37. The van der Waals surface area contributed by atoms with Crippen molar-refractivity contribution >= 4 is 23.2 Å². The summed E-state index contributed by atoms with van der Waals surface area (Å²) in [6.45, 7) is 3.83. The van der Waals surface area contributed by atoms with Gasteiger partial charge >= 0.3 is 0 Å². The SMILES string of the molecule is OC(COc1c(Cl)cccc1Cl)CN1CCOCC1. The maximum absolute atomic E-state index is 9.95. The van der Waals surface area contributed by atoms with E-state index in [4.69, 9.17) is 32.7 Å². The average Bonchev–Trinajstić information content (AvgIpc) is 2.39. The Morgan fingerprint density at radius 1 is 1.26 bits per heavy atom. The van der Waals surface area contributed by atoms with Gasteiger partial charge in [-0.05, 0) is 12.1 Å². The molecule has 1 unspecified atom stereocenters. The predicted octanol–water partition coefficient (Wildman–Crippen LogP) is 2.07. The molecule has 0 saturated carbocycles. The van der Waals surface area contributed by atoms with Crippen LogP contribution in [0.1, 0.15) is 0 Å². The number of benzene rings is 1. The molecule has 4 nitrogen and oxygen atoms in total. The topological polar surface area (TPSA) is 41.9 Å². The van der Waals surface area contributed by atoms with Crippen LogP contribution in [0, 0.1) is 0 Å². The highest BCUT2D eigenvalue weighted by atomic mass is 35.5. The third-order valence-corrected chi connectivity index (χ3v) is 3.51. The monoisotopic (exact) mass is 305 g/mol. The van der Waals surface area contributed by atoms with Crippen molar-refractivity contribution in [1.82, 2.24) is 4.90 Å². The number of nitrogens with zero attached hydrogens (tertiary/aromatic N) is 1. The molecule has 0 amide bonds. The van der Waals surface area contributed by atoms with Crippen LogP contribution in [0.15, 0.2) is 18.2 Å². The van der Waals surface area contributed by atoms with Gasteiger partial charge in [-0.25, -0.2) is 0 Å². The zero-order valence-electron chi connectivity index (χ0n) is 10.5. The molecule has 6 heteroatoms. The number of hydrogen-bond donors (Lipinski definition) is 1.